The average Bonchev–Trinajstić information content (AvgIpc) is 2.68. The van der Waals surface area contributed by atoms with Gasteiger partial charge in [-0.05, 0) is 18.6 Å². The van der Waals surface area contributed by atoms with E-state index in [4.69, 9.17) is 4.74 Å². The highest BCUT2D eigenvalue weighted by molar-refractivity contribution is 9.10. The first-order valence-electron chi connectivity index (χ1n) is 4.49. The second-order valence-corrected chi connectivity index (χ2v) is 4.16. The zero-order chi connectivity index (χ0) is 11.0. The number of halogens is 1. The van der Waals surface area contributed by atoms with Crippen LogP contribution in [0.25, 0.3) is 10.9 Å². The minimum Gasteiger partial charge on any atom is -0.465 e. The number of carbonyl (C=O) groups excluding carboxylic acids is 1. The molecule has 1 N–H and O–H groups in total. The van der Waals surface area contributed by atoms with Gasteiger partial charge in [0.1, 0.15) is 0 Å². The van der Waals surface area contributed by atoms with Gasteiger partial charge in [-0.3, -0.25) is 0 Å². The maximum absolute atomic E-state index is 11.5. The molecule has 0 fully saturated rings. The van der Waals surface area contributed by atoms with E-state index in [9.17, 15) is 4.79 Å². The van der Waals surface area contributed by atoms with E-state index in [1.165, 1.54) is 7.11 Å². The number of fused-ring (bicyclic) bond motifs is 1. The van der Waals surface area contributed by atoms with Crippen molar-refractivity contribution in [2.75, 3.05) is 7.11 Å². The number of carbonyl (C=O) groups is 1. The van der Waals surface area contributed by atoms with Crippen molar-refractivity contribution in [2.45, 2.75) is 6.92 Å². The molecule has 3 nitrogen and oxygen atoms in total. The zero-order valence-corrected chi connectivity index (χ0v) is 10.0. The number of H-pyrrole nitrogens is 1. The summed E-state index contributed by atoms with van der Waals surface area (Å²) in [6, 6.07) is 3.92. The van der Waals surface area contributed by atoms with Crippen molar-refractivity contribution >= 4 is 32.8 Å². The number of hydrogen-bond acceptors (Lipinski definition) is 2. The third kappa shape index (κ3) is 1.55. The van der Waals surface area contributed by atoms with Crippen LogP contribution in [-0.2, 0) is 4.74 Å². The normalized spacial score (nSPS) is 10.6. The molecule has 4 heteroatoms. The van der Waals surface area contributed by atoms with E-state index in [0.717, 1.165) is 20.9 Å². The Kier molecular flexibility index (Phi) is 2.52. The summed E-state index contributed by atoms with van der Waals surface area (Å²) in [6.45, 7) is 1.99. The average molecular weight is 268 g/mol. The Balaban J connectivity index is 2.79. The standard InChI is InChI=1S/C11H10BrNO2/c1-6-3-4-8(12)9-7(11(14)15-2)5-13-10(6)9/h3-5,13H,1-2H3. The molecule has 15 heavy (non-hydrogen) atoms. The Morgan fingerprint density at radius 3 is 2.87 bits per heavy atom. The van der Waals surface area contributed by atoms with Gasteiger partial charge in [-0.15, -0.1) is 0 Å². The highest BCUT2D eigenvalue weighted by atomic mass is 79.9. The molecule has 0 unspecified atom stereocenters. The largest absolute Gasteiger partial charge is 0.465 e. The number of aromatic amines is 1. The summed E-state index contributed by atoms with van der Waals surface area (Å²) in [5.74, 6) is -0.326. The first-order chi connectivity index (χ1) is 7.15. The van der Waals surface area contributed by atoms with Crippen LogP contribution in [-0.4, -0.2) is 18.1 Å². The lowest BCUT2D eigenvalue weighted by atomic mass is 10.1. The Morgan fingerprint density at radius 2 is 2.20 bits per heavy atom. The molecular weight excluding hydrogens is 258 g/mol. The molecule has 0 radical (unpaired) electrons. The van der Waals surface area contributed by atoms with Crippen molar-refractivity contribution in [1.82, 2.24) is 4.98 Å². The van der Waals surface area contributed by atoms with Gasteiger partial charge < -0.3 is 9.72 Å². The molecule has 0 atom stereocenters. The molecule has 0 spiro atoms. The van der Waals surface area contributed by atoms with Crippen LogP contribution in [0.1, 0.15) is 15.9 Å². The first-order valence-corrected chi connectivity index (χ1v) is 5.29. The van der Waals surface area contributed by atoms with Crippen molar-refractivity contribution in [3.05, 3.63) is 33.9 Å². The maximum Gasteiger partial charge on any atom is 0.340 e. The number of rotatable bonds is 1. The molecule has 0 aliphatic rings. The van der Waals surface area contributed by atoms with Crippen molar-refractivity contribution in [3.63, 3.8) is 0 Å². The quantitative estimate of drug-likeness (QED) is 0.808. The highest BCUT2D eigenvalue weighted by Crippen LogP contribution is 2.29. The Hall–Kier alpha value is -1.29. The van der Waals surface area contributed by atoms with Crippen molar-refractivity contribution < 1.29 is 9.53 Å². The number of benzene rings is 1. The Labute approximate surface area is 95.6 Å². The van der Waals surface area contributed by atoms with Gasteiger partial charge >= 0.3 is 5.97 Å². The van der Waals surface area contributed by atoms with Crippen LogP contribution in [0, 0.1) is 6.92 Å². The van der Waals surface area contributed by atoms with Crippen LogP contribution in [0.2, 0.25) is 0 Å². The van der Waals surface area contributed by atoms with Gasteiger partial charge in [0.25, 0.3) is 0 Å². The van der Waals surface area contributed by atoms with E-state index in [1.54, 1.807) is 6.20 Å². The summed E-state index contributed by atoms with van der Waals surface area (Å²) in [5, 5.41) is 0.877. The van der Waals surface area contributed by atoms with Gasteiger partial charge in [0, 0.05) is 16.1 Å². The third-order valence-corrected chi connectivity index (χ3v) is 3.06. The predicted octanol–water partition coefficient (Wildman–Crippen LogP) is 3.03. The molecule has 2 aromatic rings. The number of esters is 1. The molecule has 78 valence electrons. The molecular formula is C11H10BrNO2. The molecule has 0 saturated heterocycles. The number of aromatic nitrogens is 1. The molecule has 2 rings (SSSR count). The molecule has 1 heterocycles. The number of aryl methyl sites for hydroxylation is 1. The zero-order valence-electron chi connectivity index (χ0n) is 8.43. The summed E-state index contributed by atoms with van der Waals surface area (Å²) in [4.78, 5) is 14.6. The van der Waals surface area contributed by atoms with Gasteiger partial charge in [-0.25, -0.2) is 4.79 Å². The first kappa shape index (κ1) is 10.2. The monoisotopic (exact) mass is 267 g/mol. The molecule has 0 aliphatic heterocycles. The number of ether oxygens (including phenoxy) is 1. The summed E-state index contributed by atoms with van der Waals surface area (Å²) in [6.07, 6.45) is 1.67. The Bertz CT molecular complexity index is 531. The van der Waals surface area contributed by atoms with Crippen LogP contribution in [0.4, 0.5) is 0 Å². The second kappa shape index (κ2) is 3.70. The highest BCUT2D eigenvalue weighted by Gasteiger charge is 2.15. The van der Waals surface area contributed by atoms with E-state index in [-0.39, 0.29) is 5.97 Å². The van der Waals surface area contributed by atoms with Crippen LogP contribution in [0.5, 0.6) is 0 Å². The molecule has 0 aliphatic carbocycles. The van der Waals surface area contributed by atoms with Crippen molar-refractivity contribution in [1.29, 1.82) is 0 Å². The number of nitrogens with one attached hydrogen (secondary N) is 1. The number of hydrogen-bond donors (Lipinski definition) is 1. The van der Waals surface area contributed by atoms with Gasteiger partial charge in [-0.1, -0.05) is 22.0 Å². The van der Waals surface area contributed by atoms with Crippen LogP contribution in [0.15, 0.2) is 22.8 Å². The lowest BCUT2D eigenvalue weighted by Crippen LogP contribution is -1.99. The minimum absolute atomic E-state index is 0.326. The topological polar surface area (TPSA) is 42.1 Å². The van der Waals surface area contributed by atoms with Gasteiger partial charge in [0.05, 0.1) is 18.2 Å². The fraction of sp³-hybridized carbons (Fsp3) is 0.182. The number of methoxy groups -OCH3 is 1. The smallest absolute Gasteiger partial charge is 0.340 e. The van der Waals surface area contributed by atoms with E-state index in [2.05, 4.69) is 20.9 Å². The van der Waals surface area contributed by atoms with E-state index in [1.807, 2.05) is 19.1 Å². The van der Waals surface area contributed by atoms with E-state index < -0.39 is 0 Å². The summed E-state index contributed by atoms with van der Waals surface area (Å²) in [7, 11) is 1.38. The molecule has 0 amide bonds. The molecule has 1 aromatic heterocycles. The van der Waals surface area contributed by atoms with Gasteiger partial charge in [0.2, 0.25) is 0 Å². The molecule has 1 aromatic carbocycles. The summed E-state index contributed by atoms with van der Waals surface area (Å²) in [5.41, 5.74) is 2.62. The molecule has 0 bridgehead atoms. The summed E-state index contributed by atoms with van der Waals surface area (Å²) >= 11 is 3.43. The van der Waals surface area contributed by atoms with Gasteiger partial charge in [0.15, 0.2) is 0 Å². The van der Waals surface area contributed by atoms with Crippen LogP contribution in [0.3, 0.4) is 0 Å². The lowest BCUT2D eigenvalue weighted by molar-refractivity contribution is 0.0603. The SMILES string of the molecule is COC(=O)c1c[nH]c2c(C)ccc(Br)c12. The fourth-order valence-electron chi connectivity index (χ4n) is 1.62. The van der Waals surface area contributed by atoms with E-state index in [0.29, 0.717) is 5.56 Å². The van der Waals surface area contributed by atoms with Crippen LogP contribution >= 0.6 is 15.9 Å². The third-order valence-electron chi connectivity index (χ3n) is 2.40. The second-order valence-electron chi connectivity index (χ2n) is 3.31. The summed E-state index contributed by atoms with van der Waals surface area (Å²) < 4.78 is 5.61. The van der Waals surface area contributed by atoms with Gasteiger partial charge in [-0.2, -0.15) is 0 Å². The minimum atomic E-state index is -0.326. The van der Waals surface area contributed by atoms with Crippen LogP contribution < -0.4 is 0 Å². The van der Waals surface area contributed by atoms with Crippen molar-refractivity contribution in [3.8, 4) is 0 Å². The molecule has 0 saturated carbocycles. The fourth-order valence-corrected chi connectivity index (χ4v) is 2.16. The van der Waals surface area contributed by atoms with Crippen molar-refractivity contribution in [2.24, 2.45) is 0 Å². The van der Waals surface area contributed by atoms with E-state index >= 15 is 0 Å². The lowest BCUT2D eigenvalue weighted by Gasteiger charge is -2.01. The maximum atomic E-state index is 11.5. The Morgan fingerprint density at radius 1 is 1.47 bits per heavy atom. The predicted molar refractivity (Wildman–Crippen MR) is 62.1 cm³/mol.